The molecule has 1 atom stereocenters. The Labute approximate surface area is 182 Å². The molecule has 1 aliphatic heterocycles. The summed E-state index contributed by atoms with van der Waals surface area (Å²) >= 11 is 0. The molecule has 1 saturated heterocycles. The van der Waals surface area contributed by atoms with Crippen LogP contribution in [0.3, 0.4) is 0 Å². The largest absolute Gasteiger partial charge is 0.421 e. The summed E-state index contributed by atoms with van der Waals surface area (Å²) in [6, 6.07) is 13.0. The molecule has 31 heavy (non-hydrogen) atoms. The first kappa shape index (κ1) is 20.9. The lowest BCUT2D eigenvalue weighted by molar-refractivity contribution is -0.116. The molecule has 0 saturated carbocycles. The number of amides is 1. The molecule has 2 heterocycles. The highest BCUT2D eigenvalue weighted by Gasteiger charge is 2.32. The van der Waals surface area contributed by atoms with Crippen molar-refractivity contribution in [1.29, 1.82) is 5.26 Å². The van der Waals surface area contributed by atoms with Crippen LogP contribution in [0.5, 0.6) is 0 Å². The number of oxazole rings is 1. The molecule has 7 heteroatoms. The Morgan fingerprint density at radius 1 is 1.26 bits per heavy atom. The van der Waals surface area contributed by atoms with E-state index in [9.17, 15) is 10.1 Å². The summed E-state index contributed by atoms with van der Waals surface area (Å²) in [5.74, 6) is -0.180. The smallest absolute Gasteiger partial charge is 0.305 e. The minimum Gasteiger partial charge on any atom is -0.421 e. The number of hydrogen-bond acceptors (Lipinski definition) is 6. The highest BCUT2D eigenvalue weighted by atomic mass is 16.4. The summed E-state index contributed by atoms with van der Waals surface area (Å²) in [6.07, 6.45) is 1.04. The second-order valence-electron chi connectivity index (χ2n) is 8.31. The summed E-state index contributed by atoms with van der Waals surface area (Å²) < 4.78 is 6.18. The third-order valence-electron chi connectivity index (χ3n) is 6.20. The van der Waals surface area contributed by atoms with Gasteiger partial charge in [0, 0.05) is 38.7 Å². The fourth-order valence-electron chi connectivity index (χ4n) is 4.27. The molecule has 7 nitrogen and oxygen atoms in total. The Bertz CT molecular complexity index is 1180. The molecule has 0 spiro atoms. The molecule has 4 rings (SSSR count). The summed E-state index contributed by atoms with van der Waals surface area (Å²) in [4.78, 5) is 22.4. The zero-order valence-corrected chi connectivity index (χ0v) is 18.6. The van der Waals surface area contributed by atoms with E-state index < -0.39 is 0 Å². The standard InChI is InChI=1S/C24H27N5O2/c1-15-19(13-25)21-23(31-24(26-21)28(5)16(2)30)22(20(15)17-9-7-6-8-10-17)29-12-11-18(14-29)27(3)4/h6-10,18H,11-12,14H2,1-5H3/t18-/m0/s1. The first-order chi connectivity index (χ1) is 14.8. The number of anilines is 2. The molecular formula is C24H27N5O2. The van der Waals surface area contributed by atoms with Gasteiger partial charge in [0.1, 0.15) is 11.6 Å². The van der Waals surface area contributed by atoms with Crippen molar-refractivity contribution in [3.8, 4) is 17.2 Å². The van der Waals surface area contributed by atoms with Crippen LogP contribution in [0.15, 0.2) is 34.7 Å². The maximum atomic E-state index is 11.9. The van der Waals surface area contributed by atoms with Crippen molar-refractivity contribution in [2.24, 2.45) is 0 Å². The van der Waals surface area contributed by atoms with E-state index in [0.717, 1.165) is 41.9 Å². The quantitative estimate of drug-likeness (QED) is 0.643. The van der Waals surface area contributed by atoms with Crippen LogP contribution in [0.4, 0.5) is 11.7 Å². The van der Waals surface area contributed by atoms with Crippen LogP contribution in [-0.2, 0) is 4.79 Å². The molecule has 2 aromatic carbocycles. The number of nitriles is 1. The highest BCUT2D eigenvalue weighted by Crippen LogP contribution is 2.44. The van der Waals surface area contributed by atoms with Crippen molar-refractivity contribution in [2.75, 3.05) is 44.0 Å². The number of likely N-dealkylation sites (N-methyl/N-ethyl adjacent to an activating group) is 1. The van der Waals surface area contributed by atoms with Crippen molar-refractivity contribution in [2.45, 2.75) is 26.3 Å². The zero-order chi connectivity index (χ0) is 22.3. The molecule has 160 valence electrons. The number of rotatable bonds is 4. The predicted octanol–water partition coefficient (Wildman–Crippen LogP) is 3.80. The van der Waals surface area contributed by atoms with Crippen molar-refractivity contribution in [3.05, 3.63) is 41.5 Å². The van der Waals surface area contributed by atoms with E-state index in [4.69, 9.17) is 4.42 Å². The number of benzene rings is 2. The second kappa shape index (κ2) is 8.05. The number of hydrogen-bond donors (Lipinski definition) is 0. The molecular weight excluding hydrogens is 390 g/mol. The second-order valence-corrected chi connectivity index (χ2v) is 8.31. The lowest BCUT2D eigenvalue weighted by atomic mass is 9.93. The van der Waals surface area contributed by atoms with Gasteiger partial charge in [-0.3, -0.25) is 9.69 Å². The van der Waals surface area contributed by atoms with Crippen LogP contribution in [0.25, 0.3) is 22.2 Å². The van der Waals surface area contributed by atoms with Crippen LogP contribution in [-0.4, -0.2) is 56.1 Å². The van der Waals surface area contributed by atoms with Gasteiger partial charge < -0.3 is 14.2 Å². The topological polar surface area (TPSA) is 76.6 Å². The third-order valence-corrected chi connectivity index (χ3v) is 6.20. The Balaban J connectivity index is 2.04. The molecule has 3 aromatic rings. The van der Waals surface area contributed by atoms with Crippen molar-refractivity contribution >= 4 is 28.7 Å². The molecule has 0 aliphatic carbocycles. The SMILES string of the molecule is CC(=O)N(C)c1nc2c(C#N)c(C)c(-c3ccccc3)c(N3CC[C@H](N(C)C)C3)c2o1. The first-order valence-corrected chi connectivity index (χ1v) is 10.4. The van der Waals surface area contributed by atoms with Crippen molar-refractivity contribution in [1.82, 2.24) is 9.88 Å². The molecule has 0 unspecified atom stereocenters. The van der Waals surface area contributed by atoms with Crippen molar-refractivity contribution < 1.29 is 9.21 Å². The third kappa shape index (κ3) is 3.53. The molecule has 0 N–H and O–H groups in total. The summed E-state index contributed by atoms with van der Waals surface area (Å²) in [5, 5.41) is 9.98. The highest BCUT2D eigenvalue weighted by molar-refractivity contribution is 6.03. The van der Waals surface area contributed by atoms with Gasteiger partial charge in [0.15, 0.2) is 5.58 Å². The fourth-order valence-corrected chi connectivity index (χ4v) is 4.27. The molecule has 1 amide bonds. The van der Waals surface area contributed by atoms with Crippen LogP contribution in [0, 0.1) is 18.3 Å². The summed E-state index contributed by atoms with van der Waals surface area (Å²) in [7, 11) is 5.82. The average molecular weight is 418 g/mol. The lowest BCUT2D eigenvalue weighted by Crippen LogP contribution is -2.31. The molecule has 0 bridgehead atoms. The number of fused-ring (bicyclic) bond motifs is 1. The van der Waals surface area contributed by atoms with E-state index in [1.54, 1.807) is 7.05 Å². The first-order valence-electron chi connectivity index (χ1n) is 10.4. The Morgan fingerprint density at radius 2 is 1.97 bits per heavy atom. The maximum Gasteiger partial charge on any atom is 0.305 e. The predicted molar refractivity (Wildman–Crippen MR) is 122 cm³/mol. The summed E-state index contributed by atoms with van der Waals surface area (Å²) in [5.41, 5.74) is 5.37. The molecule has 1 aliphatic rings. The van der Waals surface area contributed by atoms with Crippen LogP contribution >= 0.6 is 0 Å². The van der Waals surface area contributed by atoms with Crippen LogP contribution < -0.4 is 9.80 Å². The van der Waals surface area contributed by atoms with Crippen molar-refractivity contribution in [3.63, 3.8) is 0 Å². The number of aromatic nitrogens is 1. The van der Waals surface area contributed by atoms with Gasteiger partial charge in [0.2, 0.25) is 5.91 Å². The maximum absolute atomic E-state index is 11.9. The fraction of sp³-hybridized carbons (Fsp3) is 0.375. The monoisotopic (exact) mass is 417 g/mol. The van der Waals surface area contributed by atoms with Gasteiger partial charge in [0.25, 0.3) is 0 Å². The van der Waals surface area contributed by atoms with Crippen LogP contribution in [0.1, 0.15) is 24.5 Å². The Hall–Kier alpha value is -3.37. The molecule has 0 radical (unpaired) electrons. The average Bonchev–Trinajstić information content (AvgIpc) is 3.41. The minimum atomic E-state index is -0.180. The van der Waals surface area contributed by atoms with E-state index in [1.165, 1.54) is 11.8 Å². The van der Waals surface area contributed by atoms with Gasteiger partial charge in [-0.15, -0.1) is 0 Å². The summed E-state index contributed by atoms with van der Waals surface area (Å²) in [6.45, 7) is 5.16. The van der Waals surface area contributed by atoms with E-state index in [2.05, 4.69) is 47.1 Å². The van der Waals surface area contributed by atoms with Gasteiger partial charge in [-0.25, -0.2) is 0 Å². The zero-order valence-electron chi connectivity index (χ0n) is 18.6. The van der Waals surface area contributed by atoms with Gasteiger partial charge in [0.05, 0.1) is 11.3 Å². The molecule has 1 aromatic heterocycles. The number of nitrogens with zero attached hydrogens (tertiary/aromatic N) is 5. The van der Waals surface area contributed by atoms with E-state index in [1.807, 2.05) is 25.1 Å². The van der Waals surface area contributed by atoms with E-state index >= 15 is 0 Å². The van der Waals surface area contributed by atoms with E-state index in [0.29, 0.717) is 22.7 Å². The van der Waals surface area contributed by atoms with Gasteiger partial charge in [-0.05, 0) is 38.6 Å². The van der Waals surface area contributed by atoms with Crippen LogP contribution in [0.2, 0.25) is 0 Å². The van der Waals surface area contributed by atoms with Gasteiger partial charge in [-0.2, -0.15) is 10.2 Å². The Morgan fingerprint density at radius 3 is 2.55 bits per heavy atom. The normalized spacial score (nSPS) is 16.2. The molecule has 1 fully saturated rings. The number of carbonyl (C=O) groups is 1. The Kier molecular flexibility index (Phi) is 5.42. The van der Waals surface area contributed by atoms with E-state index in [-0.39, 0.29) is 11.9 Å². The number of carbonyl (C=O) groups excluding carboxylic acids is 1. The van der Waals surface area contributed by atoms with Gasteiger partial charge in [-0.1, -0.05) is 30.3 Å². The minimum absolute atomic E-state index is 0.180. The lowest BCUT2D eigenvalue weighted by Gasteiger charge is -2.25. The van der Waals surface area contributed by atoms with Gasteiger partial charge >= 0.3 is 6.01 Å².